The maximum absolute atomic E-state index is 10.5. The molecule has 0 unspecified atom stereocenters. The van der Waals surface area contributed by atoms with Crippen molar-refractivity contribution in [2.75, 3.05) is 11.9 Å². The summed E-state index contributed by atoms with van der Waals surface area (Å²) in [6, 6.07) is 11.9. The third-order valence-corrected chi connectivity index (χ3v) is 3.72. The molecule has 1 aromatic carbocycles. The molecule has 0 aliphatic heterocycles. The number of aliphatic hydroxyl groups is 1. The van der Waals surface area contributed by atoms with Crippen molar-refractivity contribution >= 4 is 17.9 Å². The highest BCUT2D eigenvalue weighted by molar-refractivity contribution is 5.72. The summed E-state index contributed by atoms with van der Waals surface area (Å²) in [6.45, 7) is 0.123. The minimum Gasteiger partial charge on any atom is -0.396 e. The molecule has 0 radical (unpaired) electrons. The number of amides is 1. The van der Waals surface area contributed by atoms with Gasteiger partial charge < -0.3 is 14.8 Å². The van der Waals surface area contributed by atoms with E-state index in [2.05, 4.69) is 10.3 Å². The van der Waals surface area contributed by atoms with Crippen LogP contribution in [0.15, 0.2) is 48.8 Å². The summed E-state index contributed by atoms with van der Waals surface area (Å²) in [5, 5.41) is 11.7. The predicted octanol–water partition coefficient (Wildman–Crippen LogP) is 3.27. The van der Waals surface area contributed by atoms with Crippen molar-refractivity contribution in [2.45, 2.75) is 25.7 Å². The second-order valence-corrected chi connectivity index (χ2v) is 5.76. The van der Waals surface area contributed by atoms with E-state index in [1.54, 1.807) is 6.20 Å². The van der Waals surface area contributed by atoms with Gasteiger partial charge in [0.25, 0.3) is 0 Å². The lowest BCUT2D eigenvalue weighted by atomic mass is 9.99. The number of carbonyl (C=O) groups excluding carboxylic acids is 1. The molecule has 5 heteroatoms. The Balaban J connectivity index is 0.000000508. The van der Waals surface area contributed by atoms with Gasteiger partial charge >= 0.3 is 0 Å². The number of nitrogens with zero attached hydrogens (tertiary/aromatic N) is 2. The van der Waals surface area contributed by atoms with Gasteiger partial charge in [-0.15, -0.1) is 0 Å². The number of aliphatic hydroxyl groups excluding tert-OH is 1. The van der Waals surface area contributed by atoms with Crippen LogP contribution in [0.1, 0.15) is 24.8 Å². The molecule has 2 heterocycles. The zero-order valence-electron chi connectivity index (χ0n) is 13.5. The number of nitrogens with one attached hydrogen (secondary N) is 1. The summed E-state index contributed by atoms with van der Waals surface area (Å²) in [5.41, 5.74) is 4.00. The lowest BCUT2D eigenvalue weighted by Gasteiger charge is -2.08. The minimum absolute atomic E-state index is 0.123. The maximum atomic E-state index is 10.5. The van der Waals surface area contributed by atoms with Crippen LogP contribution < -0.4 is 5.32 Å². The molecule has 2 N–H and O–H groups in total. The molecule has 0 atom stereocenters. The number of carbonyl (C=O) groups is 1. The van der Waals surface area contributed by atoms with E-state index < -0.39 is 0 Å². The molecule has 0 spiro atoms. The highest BCUT2D eigenvalue weighted by atomic mass is 16.2. The molecular formula is C19H21N3O2. The quantitative estimate of drug-likeness (QED) is 0.708. The largest absolute Gasteiger partial charge is 0.396 e. The highest BCUT2D eigenvalue weighted by Crippen LogP contribution is 2.25. The first-order valence-corrected chi connectivity index (χ1v) is 8.20. The van der Waals surface area contributed by atoms with Crippen molar-refractivity contribution in [3.8, 4) is 11.1 Å². The monoisotopic (exact) mass is 323 g/mol. The summed E-state index contributed by atoms with van der Waals surface area (Å²) in [7, 11) is 0. The molecule has 1 saturated carbocycles. The Morgan fingerprint density at radius 3 is 2.62 bits per heavy atom. The van der Waals surface area contributed by atoms with Gasteiger partial charge in [0.15, 0.2) is 5.82 Å². The molecular weight excluding hydrogens is 302 g/mol. The molecule has 3 aromatic rings. The zero-order valence-corrected chi connectivity index (χ0v) is 13.5. The average molecular weight is 323 g/mol. The van der Waals surface area contributed by atoms with Gasteiger partial charge in [-0.2, -0.15) is 0 Å². The maximum Gasteiger partial charge on any atom is 0.212 e. The van der Waals surface area contributed by atoms with Gasteiger partial charge in [0.05, 0.1) is 6.20 Å². The summed E-state index contributed by atoms with van der Waals surface area (Å²) in [6.07, 6.45) is 9.46. The van der Waals surface area contributed by atoms with Gasteiger partial charge in [-0.25, -0.2) is 4.98 Å². The number of hydrogen-bond donors (Lipinski definition) is 2. The van der Waals surface area contributed by atoms with Crippen molar-refractivity contribution in [1.82, 2.24) is 9.38 Å². The summed E-state index contributed by atoms with van der Waals surface area (Å²) in [4.78, 5) is 14.7. The van der Waals surface area contributed by atoms with E-state index in [0.717, 1.165) is 22.3 Å². The first-order valence-electron chi connectivity index (χ1n) is 8.20. The van der Waals surface area contributed by atoms with E-state index in [4.69, 9.17) is 5.11 Å². The van der Waals surface area contributed by atoms with Gasteiger partial charge in [-0.05, 0) is 35.2 Å². The van der Waals surface area contributed by atoms with Crippen LogP contribution in [0.4, 0.5) is 5.82 Å². The van der Waals surface area contributed by atoms with Gasteiger partial charge in [-0.1, -0.05) is 43.5 Å². The zero-order chi connectivity index (χ0) is 16.8. The normalized spacial score (nSPS) is 12.4. The molecule has 124 valence electrons. The van der Waals surface area contributed by atoms with E-state index in [-0.39, 0.29) is 6.61 Å². The van der Waals surface area contributed by atoms with E-state index in [1.807, 2.05) is 47.0 Å². The molecule has 2 aromatic heterocycles. The third kappa shape index (κ3) is 4.00. The van der Waals surface area contributed by atoms with Crippen molar-refractivity contribution in [3.05, 3.63) is 54.4 Å². The van der Waals surface area contributed by atoms with Gasteiger partial charge in [-0.3, -0.25) is 4.79 Å². The lowest BCUT2D eigenvalue weighted by Crippen LogP contribution is -1.95. The van der Waals surface area contributed by atoms with Crippen molar-refractivity contribution < 1.29 is 9.90 Å². The van der Waals surface area contributed by atoms with Crippen molar-refractivity contribution in [1.29, 1.82) is 0 Å². The van der Waals surface area contributed by atoms with Crippen LogP contribution in [-0.4, -0.2) is 27.5 Å². The summed E-state index contributed by atoms with van der Waals surface area (Å²) in [5.74, 6) is 0.519. The van der Waals surface area contributed by atoms with Crippen LogP contribution in [0.5, 0.6) is 0 Å². The van der Waals surface area contributed by atoms with Crippen LogP contribution in [0.2, 0.25) is 0 Å². The molecule has 1 amide bonds. The van der Waals surface area contributed by atoms with Crippen LogP contribution in [-0.2, 0) is 11.2 Å². The third-order valence-electron chi connectivity index (χ3n) is 3.72. The number of hydrogen-bond acceptors (Lipinski definition) is 3. The van der Waals surface area contributed by atoms with E-state index >= 15 is 0 Å². The molecule has 0 saturated heterocycles. The average Bonchev–Trinajstić information content (AvgIpc) is 3.42. The standard InChI is InChI=1S/C16H15N3O2.C3H6/c20-8-7-12-3-1-2-4-14(12)13-5-6-16-18-15(17-11-21)10-19(16)9-13;1-2-3-1/h1-6,9-11,20H,7-8H2,(H,17,21);1-3H2. The Morgan fingerprint density at radius 1 is 1.12 bits per heavy atom. The molecule has 0 bridgehead atoms. The highest BCUT2D eigenvalue weighted by Gasteiger charge is 2.07. The van der Waals surface area contributed by atoms with Gasteiger partial charge in [0.2, 0.25) is 6.41 Å². The van der Waals surface area contributed by atoms with Crippen LogP contribution in [0.25, 0.3) is 16.8 Å². The number of rotatable bonds is 5. The van der Waals surface area contributed by atoms with Crippen LogP contribution >= 0.6 is 0 Å². The number of anilines is 1. The van der Waals surface area contributed by atoms with Gasteiger partial charge in [0, 0.05) is 12.8 Å². The molecule has 4 rings (SSSR count). The Hall–Kier alpha value is -2.66. The molecule has 1 fully saturated rings. The van der Waals surface area contributed by atoms with Crippen LogP contribution in [0.3, 0.4) is 0 Å². The topological polar surface area (TPSA) is 66.6 Å². The molecule has 1 aliphatic carbocycles. The summed E-state index contributed by atoms with van der Waals surface area (Å²) < 4.78 is 1.87. The molecule has 5 nitrogen and oxygen atoms in total. The van der Waals surface area contributed by atoms with Crippen molar-refractivity contribution in [2.24, 2.45) is 0 Å². The Morgan fingerprint density at radius 2 is 1.92 bits per heavy atom. The van der Waals surface area contributed by atoms with E-state index in [0.29, 0.717) is 18.6 Å². The molecule has 24 heavy (non-hydrogen) atoms. The van der Waals surface area contributed by atoms with Crippen molar-refractivity contribution in [3.63, 3.8) is 0 Å². The fourth-order valence-electron chi connectivity index (χ4n) is 2.42. The second kappa shape index (κ2) is 7.75. The predicted molar refractivity (Wildman–Crippen MR) is 95.0 cm³/mol. The Kier molecular flexibility index (Phi) is 5.23. The van der Waals surface area contributed by atoms with Crippen LogP contribution in [0, 0.1) is 0 Å². The fourth-order valence-corrected chi connectivity index (χ4v) is 2.42. The lowest BCUT2D eigenvalue weighted by molar-refractivity contribution is -0.105. The number of benzene rings is 1. The number of imidazole rings is 1. The minimum atomic E-state index is 0.123. The smallest absolute Gasteiger partial charge is 0.212 e. The number of aromatic nitrogens is 2. The Bertz CT molecular complexity index is 822. The SMILES string of the molecule is C1CC1.O=CNc1cn2cc(-c3ccccc3CCO)ccc2n1. The first-order chi connectivity index (χ1) is 11.8. The number of fused-ring (bicyclic) bond motifs is 1. The second-order valence-electron chi connectivity index (χ2n) is 5.76. The first kappa shape index (κ1) is 16.2. The summed E-state index contributed by atoms with van der Waals surface area (Å²) >= 11 is 0. The van der Waals surface area contributed by atoms with Gasteiger partial charge in [0.1, 0.15) is 5.65 Å². The molecule has 1 aliphatic rings. The fraction of sp³-hybridized carbons (Fsp3) is 0.263. The van der Waals surface area contributed by atoms with E-state index in [9.17, 15) is 4.79 Å². The Labute approximate surface area is 141 Å². The number of pyridine rings is 1. The van der Waals surface area contributed by atoms with E-state index in [1.165, 1.54) is 19.3 Å².